The maximum absolute atomic E-state index is 14.1. The number of aliphatic hydroxyl groups is 1. The van der Waals surface area contributed by atoms with Crippen molar-refractivity contribution in [1.29, 1.82) is 0 Å². The summed E-state index contributed by atoms with van der Waals surface area (Å²) >= 11 is 5.63. The zero-order valence-corrected chi connectivity index (χ0v) is 12.8. The Hall–Kier alpha value is -2.29. The molecule has 0 spiro atoms. The summed E-state index contributed by atoms with van der Waals surface area (Å²) < 4.78 is 41.4. The summed E-state index contributed by atoms with van der Waals surface area (Å²) in [4.78, 5) is 16.6. The largest absolute Gasteiger partial charge is 0.394 e. The lowest BCUT2D eigenvalue weighted by molar-refractivity contribution is 0.0168. The van der Waals surface area contributed by atoms with Gasteiger partial charge in [0.2, 0.25) is 0 Å². The average molecular weight is 361 g/mol. The van der Waals surface area contributed by atoms with Crippen LogP contribution < -0.4 is 10.8 Å². The fraction of sp³-hybridized carbons (Fsp3) is 0.133. The highest BCUT2D eigenvalue weighted by Gasteiger charge is 2.20. The van der Waals surface area contributed by atoms with E-state index in [1.165, 1.54) is 12.1 Å². The van der Waals surface area contributed by atoms with Gasteiger partial charge in [-0.3, -0.25) is 9.63 Å². The van der Waals surface area contributed by atoms with Crippen LogP contribution in [0.25, 0.3) is 0 Å². The summed E-state index contributed by atoms with van der Waals surface area (Å²) in [5.74, 6) is -4.30. The Morgan fingerprint density at radius 3 is 2.58 bits per heavy atom. The Kier molecular flexibility index (Phi) is 6.02. The summed E-state index contributed by atoms with van der Waals surface area (Å²) in [6.45, 7) is -0.539. The van der Waals surface area contributed by atoms with Crippen molar-refractivity contribution in [2.75, 3.05) is 18.5 Å². The topological polar surface area (TPSA) is 70.6 Å². The van der Waals surface area contributed by atoms with Crippen molar-refractivity contribution in [2.24, 2.45) is 0 Å². The second kappa shape index (κ2) is 8.00. The number of aliphatic hydroxyl groups excluding tert-OH is 1. The molecule has 2 aromatic rings. The number of hydrogen-bond acceptors (Lipinski definition) is 4. The van der Waals surface area contributed by atoms with Crippen LogP contribution in [0.3, 0.4) is 0 Å². The van der Waals surface area contributed by atoms with E-state index in [2.05, 4.69) is 10.2 Å². The van der Waals surface area contributed by atoms with E-state index in [0.717, 1.165) is 18.2 Å². The highest BCUT2D eigenvalue weighted by molar-refractivity contribution is 6.30. The molecule has 0 fully saturated rings. The second-order valence-electron chi connectivity index (χ2n) is 4.54. The number of carbonyl (C=O) groups is 1. The SMILES string of the molecule is O=C(NOCCO)c1ccc(F)c(F)c1Nc1ccc(Cl)cc1F. The van der Waals surface area contributed by atoms with Crippen molar-refractivity contribution in [1.82, 2.24) is 5.48 Å². The average Bonchev–Trinajstić information content (AvgIpc) is 2.54. The molecule has 3 N–H and O–H groups in total. The molecular formula is C15H12ClF3N2O3. The highest BCUT2D eigenvalue weighted by Crippen LogP contribution is 2.29. The van der Waals surface area contributed by atoms with Crippen molar-refractivity contribution < 1.29 is 27.9 Å². The summed E-state index contributed by atoms with van der Waals surface area (Å²) in [7, 11) is 0. The number of amides is 1. The van der Waals surface area contributed by atoms with Crippen molar-refractivity contribution in [3.8, 4) is 0 Å². The molecule has 128 valence electrons. The maximum atomic E-state index is 14.1. The lowest BCUT2D eigenvalue weighted by atomic mass is 10.1. The Morgan fingerprint density at radius 2 is 1.92 bits per heavy atom. The third-order valence-corrected chi connectivity index (χ3v) is 3.12. The molecule has 0 heterocycles. The van der Waals surface area contributed by atoms with E-state index in [4.69, 9.17) is 16.7 Å². The van der Waals surface area contributed by atoms with Crippen LogP contribution in [-0.4, -0.2) is 24.2 Å². The molecule has 0 unspecified atom stereocenters. The van der Waals surface area contributed by atoms with Gasteiger partial charge in [0.25, 0.3) is 5.91 Å². The molecule has 2 rings (SSSR count). The predicted octanol–water partition coefficient (Wildman–Crippen LogP) is 3.15. The molecule has 0 aromatic heterocycles. The number of hydroxylamine groups is 1. The van der Waals surface area contributed by atoms with Crippen LogP contribution in [0.2, 0.25) is 5.02 Å². The lowest BCUT2D eigenvalue weighted by Gasteiger charge is -2.14. The van der Waals surface area contributed by atoms with Crippen LogP contribution in [0.4, 0.5) is 24.5 Å². The molecule has 2 aromatic carbocycles. The van der Waals surface area contributed by atoms with Gasteiger partial charge in [-0.15, -0.1) is 0 Å². The number of carbonyl (C=O) groups excluding carboxylic acids is 1. The van der Waals surface area contributed by atoms with Gasteiger partial charge in [0.15, 0.2) is 11.6 Å². The minimum absolute atomic E-state index is 0.119. The van der Waals surface area contributed by atoms with Crippen LogP contribution in [0.1, 0.15) is 10.4 Å². The van der Waals surface area contributed by atoms with Gasteiger partial charge in [-0.05, 0) is 30.3 Å². The zero-order chi connectivity index (χ0) is 17.7. The number of halogens is 4. The third-order valence-electron chi connectivity index (χ3n) is 2.89. The van der Waals surface area contributed by atoms with E-state index in [0.29, 0.717) is 0 Å². The second-order valence-corrected chi connectivity index (χ2v) is 4.97. The molecule has 9 heteroatoms. The number of rotatable bonds is 6. The molecule has 1 amide bonds. The summed E-state index contributed by atoms with van der Waals surface area (Å²) in [6.07, 6.45) is 0. The molecule has 0 saturated heterocycles. The number of anilines is 2. The van der Waals surface area contributed by atoms with Crippen molar-refractivity contribution in [3.63, 3.8) is 0 Å². The van der Waals surface area contributed by atoms with Crippen LogP contribution in [-0.2, 0) is 4.84 Å². The first-order chi connectivity index (χ1) is 11.4. The fourth-order valence-corrected chi connectivity index (χ4v) is 1.96. The molecule has 0 aliphatic carbocycles. The van der Waals surface area contributed by atoms with Crippen molar-refractivity contribution in [3.05, 3.63) is 58.4 Å². The molecule has 0 bridgehead atoms. The van der Waals surface area contributed by atoms with E-state index in [-0.39, 0.29) is 29.5 Å². The Labute approximate surface area is 140 Å². The number of hydrogen-bond donors (Lipinski definition) is 3. The van der Waals surface area contributed by atoms with E-state index >= 15 is 0 Å². The van der Waals surface area contributed by atoms with Gasteiger partial charge in [-0.25, -0.2) is 18.7 Å². The van der Waals surface area contributed by atoms with Gasteiger partial charge in [0.1, 0.15) is 5.82 Å². The van der Waals surface area contributed by atoms with Crippen LogP contribution in [0.15, 0.2) is 30.3 Å². The first kappa shape index (κ1) is 18.1. The number of nitrogens with one attached hydrogen (secondary N) is 2. The standard InChI is InChI=1S/C15H12ClF3N2O3/c16-8-1-4-12(11(18)7-8)20-14-9(2-3-10(17)13(14)19)15(23)21-24-6-5-22/h1-4,7,20,22H,5-6H2,(H,21,23). The summed E-state index contributed by atoms with van der Waals surface area (Å²) in [5.41, 5.74) is 0.867. The normalized spacial score (nSPS) is 10.5. The first-order valence-electron chi connectivity index (χ1n) is 6.67. The van der Waals surface area contributed by atoms with Gasteiger partial charge in [-0.2, -0.15) is 0 Å². The van der Waals surface area contributed by atoms with Gasteiger partial charge < -0.3 is 10.4 Å². The molecule has 0 aliphatic heterocycles. The Bertz CT molecular complexity index is 759. The lowest BCUT2D eigenvalue weighted by Crippen LogP contribution is -2.26. The first-order valence-corrected chi connectivity index (χ1v) is 7.05. The van der Waals surface area contributed by atoms with Crippen molar-refractivity contribution >= 4 is 28.9 Å². The van der Waals surface area contributed by atoms with Crippen LogP contribution in [0, 0.1) is 17.5 Å². The van der Waals surface area contributed by atoms with Crippen LogP contribution in [0.5, 0.6) is 0 Å². The Morgan fingerprint density at radius 1 is 1.17 bits per heavy atom. The molecule has 0 aliphatic rings. The molecule has 0 radical (unpaired) electrons. The highest BCUT2D eigenvalue weighted by atomic mass is 35.5. The van der Waals surface area contributed by atoms with E-state index < -0.39 is 29.0 Å². The maximum Gasteiger partial charge on any atom is 0.277 e. The van der Waals surface area contributed by atoms with Gasteiger partial charge >= 0.3 is 0 Å². The molecule has 24 heavy (non-hydrogen) atoms. The molecule has 5 nitrogen and oxygen atoms in total. The Balaban J connectivity index is 2.36. The predicted molar refractivity (Wildman–Crippen MR) is 81.6 cm³/mol. The zero-order valence-electron chi connectivity index (χ0n) is 12.1. The van der Waals surface area contributed by atoms with Crippen LogP contribution >= 0.6 is 11.6 Å². The number of benzene rings is 2. The van der Waals surface area contributed by atoms with Gasteiger partial charge in [-0.1, -0.05) is 11.6 Å². The minimum Gasteiger partial charge on any atom is -0.394 e. The van der Waals surface area contributed by atoms with E-state index in [1.807, 2.05) is 5.48 Å². The van der Waals surface area contributed by atoms with E-state index in [9.17, 15) is 18.0 Å². The summed E-state index contributed by atoms with van der Waals surface area (Å²) in [6, 6.07) is 5.29. The smallest absolute Gasteiger partial charge is 0.277 e. The molecule has 0 atom stereocenters. The van der Waals surface area contributed by atoms with Crippen molar-refractivity contribution in [2.45, 2.75) is 0 Å². The third kappa shape index (κ3) is 4.16. The van der Waals surface area contributed by atoms with Gasteiger partial charge in [0.05, 0.1) is 30.2 Å². The summed E-state index contributed by atoms with van der Waals surface area (Å²) in [5, 5.41) is 11.0. The molecular weight excluding hydrogens is 349 g/mol. The van der Waals surface area contributed by atoms with E-state index in [1.54, 1.807) is 0 Å². The minimum atomic E-state index is -1.36. The monoisotopic (exact) mass is 360 g/mol. The van der Waals surface area contributed by atoms with Gasteiger partial charge in [0, 0.05) is 5.02 Å². The quantitative estimate of drug-likeness (QED) is 0.546. The molecule has 0 saturated carbocycles. The fourth-order valence-electron chi connectivity index (χ4n) is 1.80.